The number of benzene rings is 4. The fraction of sp³-hybridized carbons (Fsp3) is 0.222. The molecule has 7 nitrogen and oxygen atoms in total. The van der Waals surface area contributed by atoms with Gasteiger partial charge in [-0.25, -0.2) is 14.4 Å². The van der Waals surface area contributed by atoms with Crippen LogP contribution in [0.3, 0.4) is 0 Å². The molecule has 0 bridgehead atoms. The van der Waals surface area contributed by atoms with Crippen LogP contribution in [-0.4, -0.2) is 49.7 Å². The van der Waals surface area contributed by atoms with E-state index in [1.165, 1.54) is 24.2 Å². The Morgan fingerprint density at radius 3 is 1.52 bits per heavy atom. The Labute approximate surface area is 326 Å². The van der Waals surface area contributed by atoms with E-state index >= 15 is 0 Å². The van der Waals surface area contributed by atoms with E-state index in [0.29, 0.717) is 30.1 Å². The number of carbonyl (C=O) groups excluding carboxylic acids is 3. The van der Waals surface area contributed by atoms with Crippen molar-refractivity contribution < 1.29 is 33.3 Å². The number of carbonyl (C=O) groups is 3. The molecule has 0 aromatic heterocycles. The summed E-state index contributed by atoms with van der Waals surface area (Å²) in [4.78, 5) is 37.1. The molecule has 0 radical (unpaired) electrons. The second kappa shape index (κ2) is 23.1. The first kappa shape index (κ1) is 41.2. The van der Waals surface area contributed by atoms with Crippen LogP contribution >= 0.6 is 23.5 Å². The average molecular weight is 759 g/mol. The second-order valence-electron chi connectivity index (χ2n) is 11.6. The fourth-order valence-corrected chi connectivity index (χ4v) is 6.48. The summed E-state index contributed by atoms with van der Waals surface area (Å²) in [5, 5.41) is 0. The molecule has 0 saturated heterocycles. The minimum atomic E-state index is -0.505. The van der Waals surface area contributed by atoms with Gasteiger partial charge in [-0.15, -0.1) is 23.5 Å². The van der Waals surface area contributed by atoms with Crippen molar-refractivity contribution in [3.8, 4) is 29.4 Å². The Kier molecular flexibility index (Phi) is 17.6. The van der Waals surface area contributed by atoms with Gasteiger partial charge in [-0.05, 0) is 122 Å². The van der Waals surface area contributed by atoms with Crippen molar-refractivity contribution in [3.05, 3.63) is 150 Å². The Morgan fingerprint density at radius 2 is 1.06 bits per heavy atom. The number of hydrogen-bond donors (Lipinski definition) is 0. The zero-order valence-corrected chi connectivity index (χ0v) is 31.9. The molecule has 0 heterocycles. The maximum absolute atomic E-state index is 12.6. The van der Waals surface area contributed by atoms with E-state index in [2.05, 4.69) is 49.0 Å². The summed E-state index contributed by atoms with van der Waals surface area (Å²) in [6, 6.07) is 29.2. The first-order chi connectivity index (χ1) is 26.4. The van der Waals surface area contributed by atoms with Gasteiger partial charge in [0.25, 0.3) is 0 Å². The lowest BCUT2D eigenvalue weighted by Gasteiger charge is -2.11. The van der Waals surface area contributed by atoms with Gasteiger partial charge in [0.15, 0.2) is 0 Å². The van der Waals surface area contributed by atoms with E-state index < -0.39 is 11.9 Å². The van der Waals surface area contributed by atoms with Crippen LogP contribution in [0.5, 0.6) is 5.75 Å². The monoisotopic (exact) mass is 758 g/mol. The SMILES string of the molecule is C=CC(=O)OCCCCSc1ccc(C#Cc2ccc(COc3ccc(C#Cc4ccc(SCCCCOC(=O)C=C)cc4)cc3C(=O)OC)cc2)cc1. The van der Waals surface area contributed by atoms with E-state index in [4.69, 9.17) is 18.9 Å². The zero-order chi connectivity index (χ0) is 38.4. The highest BCUT2D eigenvalue weighted by Gasteiger charge is 2.14. The van der Waals surface area contributed by atoms with Gasteiger partial charge >= 0.3 is 17.9 Å². The second-order valence-corrected chi connectivity index (χ2v) is 13.9. The summed E-state index contributed by atoms with van der Waals surface area (Å²) >= 11 is 3.50. The van der Waals surface area contributed by atoms with E-state index in [1.54, 1.807) is 35.7 Å². The third-order valence-corrected chi connectivity index (χ3v) is 9.78. The molecule has 4 aromatic carbocycles. The van der Waals surface area contributed by atoms with Crippen LogP contribution in [0.1, 0.15) is 63.9 Å². The van der Waals surface area contributed by atoms with Gasteiger partial charge in [-0.1, -0.05) is 49.0 Å². The van der Waals surface area contributed by atoms with E-state index in [9.17, 15) is 14.4 Å². The molecule has 0 amide bonds. The Bertz CT molecular complexity index is 2000. The summed E-state index contributed by atoms with van der Waals surface area (Å²) in [6.07, 6.45) is 5.85. The lowest BCUT2D eigenvalue weighted by atomic mass is 10.1. The zero-order valence-electron chi connectivity index (χ0n) is 30.3. The standard InChI is InChI=1S/C45H42O7S2/c1-4-43(46)50-28-6-8-30-53-39-23-18-35(19-24-39)11-10-34-13-16-38(17-14-34)33-52-42-27-22-37(32-41(42)45(48)49-3)15-12-36-20-25-40(26-21-36)54-31-9-7-29-51-44(47)5-2/h4-5,13-14,16-27,32H,1-2,6-9,28-31,33H2,3H3. The summed E-state index contributed by atoms with van der Waals surface area (Å²) < 4.78 is 21.1. The topological polar surface area (TPSA) is 88.1 Å². The maximum Gasteiger partial charge on any atom is 0.341 e. The molecular weight excluding hydrogens is 717 g/mol. The van der Waals surface area contributed by atoms with Crippen LogP contribution < -0.4 is 4.74 Å². The highest BCUT2D eigenvalue weighted by atomic mass is 32.2. The van der Waals surface area contributed by atoms with Crippen molar-refractivity contribution in [2.24, 2.45) is 0 Å². The van der Waals surface area contributed by atoms with E-state index in [-0.39, 0.29) is 12.6 Å². The molecular formula is C45H42O7S2. The molecule has 0 atom stereocenters. The third kappa shape index (κ3) is 14.8. The molecule has 9 heteroatoms. The van der Waals surface area contributed by atoms with Crippen LogP contribution in [0, 0.1) is 23.7 Å². The normalized spacial score (nSPS) is 10.1. The van der Waals surface area contributed by atoms with Crippen LogP contribution in [0.15, 0.2) is 126 Å². The fourth-order valence-electron chi connectivity index (χ4n) is 4.66. The minimum Gasteiger partial charge on any atom is -0.488 e. The number of rotatable bonds is 18. The predicted octanol–water partition coefficient (Wildman–Crippen LogP) is 9.05. The van der Waals surface area contributed by atoms with Gasteiger partial charge in [0, 0.05) is 44.2 Å². The van der Waals surface area contributed by atoms with Gasteiger partial charge in [0.1, 0.15) is 17.9 Å². The molecule has 0 aliphatic rings. The maximum atomic E-state index is 12.6. The van der Waals surface area contributed by atoms with Crippen LogP contribution in [0.4, 0.5) is 0 Å². The summed E-state index contributed by atoms with van der Waals surface area (Å²) in [6.45, 7) is 7.85. The third-order valence-electron chi connectivity index (χ3n) is 7.58. The highest BCUT2D eigenvalue weighted by Crippen LogP contribution is 2.24. The van der Waals surface area contributed by atoms with Gasteiger partial charge < -0.3 is 18.9 Å². The number of unbranched alkanes of at least 4 members (excludes halogenated alkanes) is 2. The van der Waals surface area contributed by atoms with Gasteiger partial charge in [-0.2, -0.15) is 0 Å². The van der Waals surface area contributed by atoms with Crippen molar-refractivity contribution in [1.82, 2.24) is 0 Å². The smallest absolute Gasteiger partial charge is 0.341 e. The number of methoxy groups -OCH3 is 1. The van der Waals surface area contributed by atoms with Crippen molar-refractivity contribution in [1.29, 1.82) is 0 Å². The largest absolute Gasteiger partial charge is 0.488 e. The van der Waals surface area contributed by atoms with Crippen molar-refractivity contribution in [3.63, 3.8) is 0 Å². The average Bonchev–Trinajstić information content (AvgIpc) is 3.21. The van der Waals surface area contributed by atoms with Crippen molar-refractivity contribution in [2.75, 3.05) is 31.8 Å². The molecule has 0 aliphatic heterocycles. The molecule has 276 valence electrons. The lowest BCUT2D eigenvalue weighted by molar-refractivity contribution is -0.138. The molecule has 4 rings (SSSR count). The molecule has 0 spiro atoms. The first-order valence-electron chi connectivity index (χ1n) is 17.4. The summed E-state index contributed by atoms with van der Waals surface area (Å²) in [5.74, 6) is 13.7. The first-order valence-corrected chi connectivity index (χ1v) is 19.4. The Balaban J connectivity index is 1.25. The molecule has 0 fully saturated rings. The van der Waals surface area contributed by atoms with Gasteiger partial charge in [-0.3, -0.25) is 0 Å². The Morgan fingerprint density at radius 1 is 0.611 bits per heavy atom. The number of thioether (sulfide) groups is 2. The van der Waals surface area contributed by atoms with E-state index in [0.717, 1.165) is 64.3 Å². The van der Waals surface area contributed by atoms with Gasteiger partial charge in [0.05, 0.1) is 20.3 Å². The van der Waals surface area contributed by atoms with Gasteiger partial charge in [0.2, 0.25) is 0 Å². The minimum absolute atomic E-state index is 0.259. The predicted molar refractivity (Wildman–Crippen MR) is 216 cm³/mol. The van der Waals surface area contributed by atoms with E-state index in [1.807, 2.05) is 66.7 Å². The Hall–Kier alpha value is -5.61. The van der Waals surface area contributed by atoms with Crippen molar-refractivity contribution >= 4 is 41.4 Å². The molecule has 0 N–H and O–H groups in total. The number of esters is 3. The molecule has 0 saturated carbocycles. The van der Waals surface area contributed by atoms with Crippen LogP contribution in [-0.2, 0) is 30.4 Å². The quantitative estimate of drug-likeness (QED) is 0.0246. The van der Waals surface area contributed by atoms with Crippen LogP contribution in [0.2, 0.25) is 0 Å². The van der Waals surface area contributed by atoms with Crippen molar-refractivity contribution in [2.45, 2.75) is 42.1 Å². The number of hydrogen-bond acceptors (Lipinski definition) is 9. The number of ether oxygens (including phenoxy) is 4. The molecule has 4 aromatic rings. The molecule has 0 unspecified atom stereocenters. The molecule has 54 heavy (non-hydrogen) atoms. The molecule has 0 aliphatic carbocycles. The summed E-state index contributed by atoms with van der Waals surface area (Å²) in [5.41, 5.74) is 4.54. The van der Waals surface area contributed by atoms with Crippen LogP contribution in [0.25, 0.3) is 0 Å². The lowest BCUT2D eigenvalue weighted by Crippen LogP contribution is -2.06. The summed E-state index contributed by atoms with van der Waals surface area (Å²) in [7, 11) is 1.34. The highest BCUT2D eigenvalue weighted by molar-refractivity contribution is 7.99.